The number of aliphatic imine (C=N–C) groups is 1. The number of hydrazine groups is 1. The lowest BCUT2D eigenvalue weighted by atomic mass is 9.82. The number of nitrogens with one attached hydrogen (secondary N) is 2. The van der Waals surface area contributed by atoms with Gasteiger partial charge in [0.05, 0.1) is 25.9 Å². The van der Waals surface area contributed by atoms with Gasteiger partial charge in [0.25, 0.3) is 5.91 Å². The van der Waals surface area contributed by atoms with Crippen LogP contribution in [0.15, 0.2) is 86.7 Å². The summed E-state index contributed by atoms with van der Waals surface area (Å²) in [5.74, 6) is 0.430. The SMILES string of the molecule is O=C(NNC(CO)CO)[C@@]1(Cc2ccccc2Br)N=C(c2ccc(OCCCO)cc2)O[C@H]1c1ccccc1Br. The molecular weight excluding hydrogens is 646 g/mol. The van der Waals surface area contributed by atoms with E-state index in [1.54, 1.807) is 12.1 Å². The number of ether oxygens (including phenoxy) is 2. The average molecular weight is 677 g/mol. The van der Waals surface area contributed by atoms with Crippen molar-refractivity contribution in [3.05, 3.63) is 98.4 Å². The number of aliphatic hydroxyl groups excluding tert-OH is 3. The quantitative estimate of drug-likeness (QED) is 0.138. The Morgan fingerprint density at radius 3 is 2.30 bits per heavy atom. The number of amides is 1. The third-order valence-electron chi connectivity index (χ3n) is 6.47. The molecule has 0 unspecified atom stereocenters. The van der Waals surface area contributed by atoms with E-state index in [2.05, 4.69) is 42.7 Å². The van der Waals surface area contributed by atoms with Gasteiger partial charge in [-0.1, -0.05) is 68.3 Å². The number of nitrogens with zero attached hydrogens (tertiary/aromatic N) is 1. The maximum absolute atomic E-state index is 14.1. The third-order valence-corrected chi connectivity index (χ3v) is 7.96. The van der Waals surface area contributed by atoms with E-state index in [9.17, 15) is 15.0 Å². The number of hydrogen-bond donors (Lipinski definition) is 5. The second-order valence-electron chi connectivity index (χ2n) is 9.24. The Bertz CT molecular complexity index is 1320. The van der Waals surface area contributed by atoms with Crippen molar-refractivity contribution in [1.82, 2.24) is 10.9 Å². The molecule has 11 heteroatoms. The van der Waals surface area contributed by atoms with Gasteiger partial charge in [-0.25, -0.2) is 10.4 Å². The molecule has 1 aliphatic rings. The van der Waals surface area contributed by atoms with Gasteiger partial charge in [-0.05, 0) is 42.0 Å². The number of carbonyl (C=O) groups excluding carboxylic acids is 1. The van der Waals surface area contributed by atoms with Crippen molar-refractivity contribution in [2.24, 2.45) is 4.99 Å². The molecule has 0 aromatic heterocycles. The number of carbonyl (C=O) groups is 1. The van der Waals surface area contributed by atoms with Gasteiger partial charge >= 0.3 is 0 Å². The highest BCUT2D eigenvalue weighted by Crippen LogP contribution is 2.45. The number of hydrogen-bond acceptors (Lipinski definition) is 8. The van der Waals surface area contributed by atoms with Crippen LogP contribution in [-0.2, 0) is 16.0 Å². The van der Waals surface area contributed by atoms with Crippen LogP contribution in [0.1, 0.15) is 29.2 Å². The van der Waals surface area contributed by atoms with Crippen LogP contribution in [-0.4, -0.2) is 65.1 Å². The number of halogens is 2. The Labute approximate surface area is 249 Å². The molecule has 0 bridgehead atoms. The highest BCUT2D eigenvalue weighted by Gasteiger charge is 2.54. The largest absolute Gasteiger partial charge is 0.494 e. The van der Waals surface area contributed by atoms with Crippen molar-refractivity contribution in [1.29, 1.82) is 0 Å². The Balaban J connectivity index is 1.79. The van der Waals surface area contributed by atoms with E-state index < -0.39 is 23.6 Å². The summed E-state index contributed by atoms with van der Waals surface area (Å²) in [4.78, 5) is 19.1. The molecule has 5 N–H and O–H groups in total. The minimum absolute atomic E-state index is 0.0487. The van der Waals surface area contributed by atoms with Gasteiger partial charge in [-0.3, -0.25) is 10.2 Å². The lowest BCUT2D eigenvalue weighted by Gasteiger charge is -2.32. The van der Waals surface area contributed by atoms with Crippen molar-refractivity contribution in [3.63, 3.8) is 0 Å². The first-order valence-corrected chi connectivity index (χ1v) is 14.4. The van der Waals surface area contributed by atoms with Crippen LogP contribution in [0.25, 0.3) is 0 Å². The van der Waals surface area contributed by atoms with E-state index in [-0.39, 0.29) is 32.1 Å². The monoisotopic (exact) mass is 675 g/mol. The number of benzene rings is 3. The summed E-state index contributed by atoms with van der Waals surface area (Å²) in [6, 6.07) is 21.5. The molecule has 2 atom stereocenters. The smallest absolute Gasteiger partial charge is 0.266 e. The van der Waals surface area contributed by atoms with E-state index in [1.165, 1.54) is 0 Å². The predicted octanol–water partition coefficient (Wildman–Crippen LogP) is 3.45. The van der Waals surface area contributed by atoms with E-state index in [0.29, 0.717) is 24.3 Å². The van der Waals surface area contributed by atoms with Crippen molar-refractivity contribution < 1.29 is 29.6 Å². The summed E-state index contributed by atoms with van der Waals surface area (Å²) in [5, 5.41) is 28.1. The first kappa shape index (κ1) is 30.2. The van der Waals surface area contributed by atoms with Crippen LogP contribution in [0.2, 0.25) is 0 Å². The minimum Gasteiger partial charge on any atom is -0.494 e. The summed E-state index contributed by atoms with van der Waals surface area (Å²) >= 11 is 7.22. The average Bonchev–Trinajstić information content (AvgIpc) is 3.35. The fourth-order valence-corrected chi connectivity index (χ4v) is 5.22. The zero-order chi connectivity index (χ0) is 28.5. The van der Waals surface area contributed by atoms with E-state index in [1.807, 2.05) is 60.7 Å². The van der Waals surface area contributed by atoms with Gasteiger partial charge in [0, 0.05) is 39.5 Å². The van der Waals surface area contributed by atoms with Crippen LogP contribution < -0.4 is 15.6 Å². The molecule has 3 aromatic rings. The fourth-order valence-electron chi connectivity index (χ4n) is 4.30. The molecule has 9 nitrogen and oxygen atoms in total. The Morgan fingerprint density at radius 1 is 0.975 bits per heavy atom. The molecule has 40 heavy (non-hydrogen) atoms. The highest BCUT2D eigenvalue weighted by molar-refractivity contribution is 9.10. The summed E-state index contributed by atoms with van der Waals surface area (Å²) in [7, 11) is 0. The van der Waals surface area contributed by atoms with Crippen molar-refractivity contribution in [2.75, 3.05) is 26.4 Å². The van der Waals surface area contributed by atoms with Crippen molar-refractivity contribution in [2.45, 2.75) is 30.5 Å². The second kappa shape index (κ2) is 14.2. The van der Waals surface area contributed by atoms with Crippen molar-refractivity contribution >= 4 is 43.7 Å². The van der Waals surface area contributed by atoms with Gasteiger partial charge in [-0.2, -0.15) is 0 Å². The lowest BCUT2D eigenvalue weighted by molar-refractivity contribution is -0.130. The van der Waals surface area contributed by atoms with Gasteiger partial charge in [0.2, 0.25) is 5.90 Å². The molecule has 1 heterocycles. The Hall–Kier alpha value is -2.80. The Kier molecular flexibility index (Phi) is 10.7. The van der Waals surface area contributed by atoms with Gasteiger partial charge < -0.3 is 24.8 Å². The van der Waals surface area contributed by atoms with E-state index in [4.69, 9.17) is 19.6 Å². The summed E-state index contributed by atoms with van der Waals surface area (Å²) in [6.45, 7) is -0.311. The van der Waals surface area contributed by atoms with Gasteiger partial charge in [0.15, 0.2) is 11.6 Å². The maximum atomic E-state index is 14.1. The highest BCUT2D eigenvalue weighted by atomic mass is 79.9. The number of rotatable bonds is 13. The van der Waals surface area contributed by atoms with Crippen LogP contribution in [0.4, 0.5) is 0 Å². The first-order chi connectivity index (χ1) is 19.4. The predicted molar refractivity (Wildman–Crippen MR) is 158 cm³/mol. The molecule has 0 saturated heterocycles. The molecule has 1 amide bonds. The third kappa shape index (κ3) is 6.91. The van der Waals surface area contributed by atoms with E-state index >= 15 is 0 Å². The fraction of sp³-hybridized carbons (Fsp3) is 0.310. The molecular formula is C29H31Br2N3O6. The maximum Gasteiger partial charge on any atom is 0.266 e. The number of aliphatic hydroxyl groups is 3. The molecule has 0 fully saturated rings. The molecule has 4 rings (SSSR count). The molecule has 212 valence electrons. The zero-order valence-corrected chi connectivity index (χ0v) is 24.8. The normalized spacial score (nSPS) is 18.4. The molecule has 0 saturated carbocycles. The summed E-state index contributed by atoms with van der Waals surface area (Å²) in [6.07, 6.45) is -0.114. The molecule has 0 radical (unpaired) electrons. The molecule has 0 aliphatic carbocycles. The topological polar surface area (TPSA) is 133 Å². The van der Waals surface area contributed by atoms with Crippen LogP contribution in [0.5, 0.6) is 5.75 Å². The van der Waals surface area contributed by atoms with Gasteiger partial charge in [0.1, 0.15) is 5.75 Å². The minimum atomic E-state index is -1.47. The van der Waals surface area contributed by atoms with Gasteiger partial charge in [-0.15, -0.1) is 0 Å². The summed E-state index contributed by atoms with van der Waals surface area (Å²) in [5.41, 5.74) is 6.14. The zero-order valence-electron chi connectivity index (χ0n) is 21.6. The lowest BCUT2D eigenvalue weighted by Crippen LogP contribution is -2.57. The molecule has 1 aliphatic heterocycles. The van der Waals surface area contributed by atoms with Crippen LogP contribution >= 0.6 is 31.9 Å². The second-order valence-corrected chi connectivity index (χ2v) is 10.9. The standard InChI is InChI=1S/C29H31Br2N3O6/c30-24-8-3-1-6-20(24)16-29(28(38)34-33-21(17-36)18-37)26(23-7-2-4-9-25(23)31)40-27(32-29)19-10-12-22(13-11-19)39-15-5-14-35/h1-4,6-13,21,26,33,35-37H,5,14-18H2,(H,34,38)/t26-,29-/m0/s1. The molecule has 0 spiro atoms. The van der Waals surface area contributed by atoms with Crippen LogP contribution in [0.3, 0.4) is 0 Å². The van der Waals surface area contributed by atoms with Crippen molar-refractivity contribution in [3.8, 4) is 5.75 Å². The Morgan fingerprint density at radius 2 is 1.65 bits per heavy atom. The first-order valence-electron chi connectivity index (χ1n) is 12.8. The van der Waals surface area contributed by atoms with Crippen LogP contribution in [0, 0.1) is 0 Å². The summed E-state index contributed by atoms with van der Waals surface area (Å²) < 4.78 is 13.7. The molecule has 3 aromatic carbocycles. The van der Waals surface area contributed by atoms with E-state index in [0.717, 1.165) is 20.1 Å².